The van der Waals surface area contributed by atoms with Gasteiger partial charge >= 0.3 is 5.76 Å². The summed E-state index contributed by atoms with van der Waals surface area (Å²) in [6, 6.07) is 4.91. The van der Waals surface area contributed by atoms with Crippen molar-refractivity contribution in [3.8, 4) is 0 Å². The highest BCUT2D eigenvalue weighted by Crippen LogP contribution is 2.36. The van der Waals surface area contributed by atoms with Crippen molar-refractivity contribution >= 4 is 43.5 Å². The van der Waals surface area contributed by atoms with Crippen molar-refractivity contribution in [1.29, 1.82) is 0 Å². The standard InChI is InChI=1S/C19H17BrClFN4O5S/c1-8-12(20)4-5-13(22)15(8)9(2)16(18-24-25-19(28)31-18)26-32(29,30)14-6-3-10(21)7-11(14)17(23)27/h3-7,9,16,26H,1-2H3,(H2,23,27)(H,25,28). The number of carbonyl (C=O) groups excluding carboxylic acids is 1. The molecule has 3 rings (SSSR count). The van der Waals surface area contributed by atoms with Gasteiger partial charge in [0.15, 0.2) is 0 Å². The fourth-order valence-corrected chi connectivity index (χ4v) is 5.28. The molecule has 4 N–H and O–H groups in total. The zero-order valence-electron chi connectivity index (χ0n) is 16.6. The Morgan fingerprint density at radius 1 is 1.34 bits per heavy atom. The molecule has 1 heterocycles. The lowest BCUT2D eigenvalue weighted by Crippen LogP contribution is -2.34. The molecule has 2 aromatic carbocycles. The Morgan fingerprint density at radius 2 is 2.03 bits per heavy atom. The van der Waals surface area contributed by atoms with Crippen LogP contribution in [-0.4, -0.2) is 24.5 Å². The maximum atomic E-state index is 14.7. The minimum absolute atomic E-state index is 0.104. The van der Waals surface area contributed by atoms with Crippen molar-refractivity contribution < 1.29 is 22.0 Å². The van der Waals surface area contributed by atoms with Crippen molar-refractivity contribution in [2.75, 3.05) is 0 Å². The molecule has 2 unspecified atom stereocenters. The number of carbonyl (C=O) groups is 1. The van der Waals surface area contributed by atoms with Crippen molar-refractivity contribution in [3.63, 3.8) is 0 Å². The van der Waals surface area contributed by atoms with E-state index in [9.17, 15) is 22.4 Å². The van der Waals surface area contributed by atoms with E-state index < -0.39 is 44.4 Å². The second kappa shape index (κ2) is 9.14. The number of primary amides is 1. The first-order chi connectivity index (χ1) is 14.9. The summed E-state index contributed by atoms with van der Waals surface area (Å²) < 4.78 is 49.1. The summed E-state index contributed by atoms with van der Waals surface area (Å²) in [5.41, 5.74) is 5.66. The lowest BCUT2D eigenvalue weighted by molar-refractivity contribution is 0.0997. The summed E-state index contributed by atoms with van der Waals surface area (Å²) in [6.07, 6.45) is 0. The van der Waals surface area contributed by atoms with Gasteiger partial charge in [0.2, 0.25) is 21.8 Å². The van der Waals surface area contributed by atoms with Gasteiger partial charge < -0.3 is 10.2 Å². The number of nitrogens with one attached hydrogen (secondary N) is 2. The van der Waals surface area contributed by atoms with Gasteiger partial charge in [-0.15, -0.1) is 5.10 Å². The molecule has 0 saturated carbocycles. The molecule has 13 heteroatoms. The van der Waals surface area contributed by atoms with E-state index in [0.717, 1.165) is 12.1 Å². The van der Waals surface area contributed by atoms with Gasteiger partial charge in [-0.1, -0.05) is 34.5 Å². The summed E-state index contributed by atoms with van der Waals surface area (Å²) >= 11 is 9.19. The second-order valence-electron chi connectivity index (χ2n) is 6.91. The van der Waals surface area contributed by atoms with E-state index in [0.29, 0.717) is 10.0 Å². The molecule has 0 aliphatic carbocycles. The molecule has 170 valence electrons. The molecule has 0 aliphatic heterocycles. The molecule has 32 heavy (non-hydrogen) atoms. The van der Waals surface area contributed by atoms with Crippen LogP contribution in [0.1, 0.15) is 46.3 Å². The lowest BCUT2D eigenvalue weighted by Gasteiger charge is -2.25. The summed E-state index contributed by atoms with van der Waals surface area (Å²) in [5.74, 6) is -3.74. The van der Waals surface area contributed by atoms with Crippen LogP contribution in [0.25, 0.3) is 0 Å². The van der Waals surface area contributed by atoms with Crippen LogP contribution in [0.4, 0.5) is 4.39 Å². The largest absolute Gasteiger partial charge is 0.434 e. The van der Waals surface area contributed by atoms with E-state index in [1.807, 2.05) is 0 Å². The molecule has 0 spiro atoms. The van der Waals surface area contributed by atoms with E-state index in [4.69, 9.17) is 21.8 Å². The van der Waals surface area contributed by atoms with Crippen molar-refractivity contribution in [1.82, 2.24) is 14.9 Å². The van der Waals surface area contributed by atoms with Crippen LogP contribution in [0.2, 0.25) is 5.02 Å². The summed E-state index contributed by atoms with van der Waals surface area (Å²) in [7, 11) is -4.44. The van der Waals surface area contributed by atoms with E-state index in [1.165, 1.54) is 25.1 Å². The summed E-state index contributed by atoms with van der Waals surface area (Å²) in [5, 5.41) is 5.88. The van der Waals surface area contributed by atoms with Crippen LogP contribution in [-0.2, 0) is 10.0 Å². The maximum absolute atomic E-state index is 14.7. The minimum Gasteiger partial charge on any atom is -0.391 e. The fourth-order valence-electron chi connectivity index (χ4n) is 3.29. The van der Waals surface area contributed by atoms with Crippen LogP contribution < -0.4 is 16.2 Å². The number of amides is 1. The molecule has 3 aromatic rings. The fraction of sp³-hybridized carbons (Fsp3) is 0.211. The molecule has 1 aromatic heterocycles. The number of aromatic nitrogens is 2. The molecular weight excluding hydrogens is 531 g/mol. The topological polar surface area (TPSA) is 148 Å². The molecule has 0 bridgehead atoms. The first kappa shape index (κ1) is 24.1. The van der Waals surface area contributed by atoms with E-state index >= 15 is 0 Å². The molecule has 0 radical (unpaired) electrons. The van der Waals surface area contributed by atoms with Crippen molar-refractivity contribution in [2.45, 2.75) is 30.7 Å². The second-order valence-corrected chi connectivity index (χ2v) is 9.88. The number of aromatic amines is 1. The smallest absolute Gasteiger partial charge is 0.391 e. The molecule has 0 saturated heterocycles. The highest BCUT2D eigenvalue weighted by molar-refractivity contribution is 9.10. The minimum atomic E-state index is -4.44. The number of sulfonamides is 1. The van der Waals surface area contributed by atoms with Gasteiger partial charge in [0.05, 0.1) is 10.5 Å². The van der Waals surface area contributed by atoms with Gasteiger partial charge in [-0.3, -0.25) is 4.79 Å². The van der Waals surface area contributed by atoms with Crippen LogP contribution in [0, 0.1) is 12.7 Å². The van der Waals surface area contributed by atoms with Crippen LogP contribution in [0.15, 0.2) is 48.9 Å². The summed E-state index contributed by atoms with van der Waals surface area (Å²) in [6.45, 7) is 3.19. The van der Waals surface area contributed by atoms with E-state index in [1.54, 1.807) is 6.92 Å². The van der Waals surface area contributed by atoms with Crippen LogP contribution >= 0.6 is 27.5 Å². The predicted octanol–water partition coefficient (Wildman–Crippen LogP) is 3.15. The van der Waals surface area contributed by atoms with E-state index in [2.05, 4.69) is 30.8 Å². The van der Waals surface area contributed by atoms with E-state index in [-0.39, 0.29) is 22.0 Å². The first-order valence-corrected chi connectivity index (χ1v) is 11.7. The van der Waals surface area contributed by atoms with Crippen molar-refractivity contribution in [2.24, 2.45) is 5.73 Å². The van der Waals surface area contributed by atoms with Gasteiger partial charge in [0.1, 0.15) is 11.9 Å². The zero-order chi connectivity index (χ0) is 23.8. The van der Waals surface area contributed by atoms with Crippen LogP contribution in [0.5, 0.6) is 0 Å². The van der Waals surface area contributed by atoms with Gasteiger partial charge in [-0.25, -0.2) is 22.7 Å². The Kier molecular flexibility index (Phi) is 6.89. The third-order valence-corrected chi connectivity index (χ3v) is 7.44. The Balaban J connectivity index is 2.14. The quantitative estimate of drug-likeness (QED) is 0.414. The normalized spacial score (nSPS) is 13.7. The Hall–Kier alpha value is -2.54. The molecule has 1 amide bonds. The maximum Gasteiger partial charge on any atom is 0.434 e. The highest BCUT2D eigenvalue weighted by Gasteiger charge is 2.34. The number of nitrogens with two attached hydrogens (primary N) is 1. The van der Waals surface area contributed by atoms with Gasteiger partial charge in [0.25, 0.3) is 0 Å². The number of H-pyrrole nitrogens is 1. The average Bonchev–Trinajstić information content (AvgIpc) is 3.15. The van der Waals surface area contributed by atoms with Crippen LogP contribution in [0.3, 0.4) is 0 Å². The van der Waals surface area contributed by atoms with Crippen molar-refractivity contribution in [3.05, 3.63) is 78.8 Å². The third kappa shape index (κ3) is 4.77. The lowest BCUT2D eigenvalue weighted by atomic mass is 9.90. The number of hydrogen-bond acceptors (Lipinski definition) is 6. The number of benzene rings is 2. The number of nitrogens with zero attached hydrogens (tertiary/aromatic N) is 1. The highest BCUT2D eigenvalue weighted by atomic mass is 79.9. The molecule has 0 aliphatic rings. The Bertz CT molecular complexity index is 1360. The third-order valence-electron chi connectivity index (χ3n) is 4.85. The summed E-state index contributed by atoms with van der Waals surface area (Å²) in [4.78, 5) is 22.9. The SMILES string of the molecule is Cc1c(Br)ccc(F)c1C(C)C(NS(=O)(=O)c1ccc(Cl)cc1C(N)=O)c1n[nH]c(=O)o1. The number of halogens is 3. The van der Waals surface area contributed by atoms with Gasteiger partial charge in [-0.2, -0.15) is 4.72 Å². The Labute approximate surface area is 195 Å². The molecule has 0 fully saturated rings. The molecular formula is C19H17BrClFN4O5S. The monoisotopic (exact) mass is 546 g/mol. The van der Waals surface area contributed by atoms with Gasteiger partial charge in [-0.05, 0) is 48.4 Å². The average molecular weight is 548 g/mol. The van der Waals surface area contributed by atoms with Gasteiger partial charge in [0, 0.05) is 15.4 Å². The predicted molar refractivity (Wildman–Crippen MR) is 117 cm³/mol. The number of hydrogen-bond donors (Lipinski definition) is 3. The first-order valence-electron chi connectivity index (χ1n) is 9.04. The Morgan fingerprint density at radius 3 is 2.62 bits per heavy atom. The number of rotatable bonds is 7. The zero-order valence-corrected chi connectivity index (χ0v) is 19.8. The molecule has 2 atom stereocenters. The molecule has 9 nitrogen and oxygen atoms in total.